The first-order valence-corrected chi connectivity index (χ1v) is 4.69. The molecule has 0 saturated carbocycles. The van der Waals surface area contributed by atoms with Gasteiger partial charge in [0, 0.05) is 6.42 Å². The fourth-order valence-electron chi connectivity index (χ4n) is 1.24. The zero-order valence-corrected chi connectivity index (χ0v) is 8.64. The zero-order valence-electron chi connectivity index (χ0n) is 8.64. The summed E-state index contributed by atoms with van der Waals surface area (Å²) in [6.07, 6.45) is 2.16. The number of hydrogen-bond acceptors (Lipinski definition) is 2. The lowest BCUT2D eigenvalue weighted by molar-refractivity contribution is -0.209. The summed E-state index contributed by atoms with van der Waals surface area (Å²) in [5.41, 5.74) is 0.231. The van der Waals surface area contributed by atoms with E-state index in [-0.39, 0.29) is 11.2 Å². The van der Waals surface area contributed by atoms with Crippen molar-refractivity contribution in [2.75, 3.05) is 13.2 Å². The summed E-state index contributed by atoms with van der Waals surface area (Å²) in [4.78, 5) is 0. The Hall–Kier alpha value is -0.0800. The average molecular weight is 172 g/mol. The normalized spacial score (nSPS) is 31.0. The van der Waals surface area contributed by atoms with Gasteiger partial charge < -0.3 is 9.47 Å². The molecule has 1 aliphatic rings. The van der Waals surface area contributed by atoms with E-state index in [0.717, 1.165) is 26.1 Å². The van der Waals surface area contributed by atoms with Gasteiger partial charge in [-0.15, -0.1) is 0 Å². The first-order valence-electron chi connectivity index (χ1n) is 4.69. The van der Waals surface area contributed by atoms with Crippen LogP contribution in [-0.4, -0.2) is 19.0 Å². The maximum absolute atomic E-state index is 5.73. The second kappa shape index (κ2) is 3.35. The van der Waals surface area contributed by atoms with Gasteiger partial charge in [0.25, 0.3) is 0 Å². The molecule has 1 rings (SSSR count). The van der Waals surface area contributed by atoms with Crippen molar-refractivity contribution in [3.05, 3.63) is 0 Å². The summed E-state index contributed by atoms with van der Waals surface area (Å²) in [6.45, 7) is 10.2. The smallest absolute Gasteiger partial charge is 0.165 e. The molecule has 1 heterocycles. The van der Waals surface area contributed by atoms with Crippen molar-refractivity contribution in [1.29, 1.82) is 0 Å². The predicted octanol–water partition coefficient (Wildman–Crippen LogP) is 2.58. The Kier molecular flexibility index (Phi) is 2.79. The Labute approximate surface area is 75.2 Å². The monoisotopic (exact) mass is 172 g/mol. The summed E-state index contributed by atoms with van der Waals surface area (Å²) in [5, 5.41) is 0. The van der Waals surface area contributed by atoms with Crippen molar-refractivity contribution in [3.8, 4) is 0 Å². The third-order valence-electron chi connectivity index (χ3n) is 1.99. The van der Waals surface area contributed by atoms with Gasteiger partial charge in [-0.05, 0) is 18.8 Å². The Morgan fingerprint density at radius 2 is 2.08 bits per heavy atom. The van der Waals surface area contributed by atoms with Crippen molar-refractivity contribution in [3.63, 3.8) is 0 Å². The van der Waals surface area contributed by atoms with Crippen LogP contribution in [0, 0.1) is 5.41 Å². The van der Waals surface area contributed by atoms with E-state index < -0.39 is 0 Å². The largest absolute Gasteiger partial charge is 0.350 e. The minimum Gasteiger partial charge on any atom is -0.350 e. The van der Waals surface area contributed by atoms with E-state index in [4.69, 9.17) is 9.47 Å². The molecular formula is C10H20O2. The molecule has 0 radical (unpaired) electrons. The molecular weight excluding hydrogens is 152 g/mol. The van der Waals surface area contributed by atoms with Gasteiger partial charge in [0.1, 0.15) is 0 Å². The van der Waals surface area contributed by atoms with Crippen LogP contribution >= 0.6 is 0 Å². The highest BCUT2D eigenvalue weighted by Crippen LogP contribution is 2.28. The molecule has 0 bridgehead atoms. The second-order valence-electron chi connectivity index (χ2n) is 4.94. The Morgan fingerprint density at radius 1 is 1.42 bits per heavy atom. The standard InChI is InChI=1S/C10H20O2/c1-9(2,3)8-12-10(4)6-5-7-11-10/h5-8H2,1-4H3. The molecule has 72 valence electrons. The molecule has 12 heavy (non-hydrogen) atoms. The molecule has 2 heteroatoms. The van der Waals surface area contributed by atoms with Crippen LogP contribution < -0.4 is 0 Å². The van der Waals surface area contributed by atoms with Gasteiger partial charge in [-0.25, -0.2) is 0 Å². The lowest BCUT2D eigenvalue weighted by Crippen LogP contribution is -2.31. The summed E-state index contributed by atoms with van der Waals surface area (Å²) in [7, 11) is 0. The highest BCUT2D eigenvalue weighted by Gasteiger charge is 2.31. The van der Waals surface area contributed by atoms with Crippen molar-refractivity contribution in [2.24, 2.45) is 5.41 Å². The molecule has 2 nitrogen and oxygen atoms in total. The first-order chi connectivity index (χ1) is 5.41. The van der Waals surface area contributed by atoms with E-state index in [9.17, 15) is 0 Å². The quantitative estimate of drug-likeness (QED) is 0.637. The molecule has 0 amide bonds. The lowest BCUT2D eigenvalue weighted by Gasteiger charge is -2.28. The highest BCUT2D eigenvalue weighted by molar-refractivity contribution is 4.71. The number of hydrogen-bond donors (Lipinski definition) is 0. The average Bonchev–Trinajstić information content (AvgIpc) is 2.32. The molecule has 1 saturated heterocycles. The van der Waals surface area contributed by atoms with Crippen LogP contribution in [0.15, 0.2) is 0 Å². The number of ether oxygens (including phenoxy) is 2. The van der Waals surface area contributed by atoms with Crippen LogP contribution in [0.25, 0.3) is 0 Å². The zero-order chi connectivity index (χ0) is 9.24. The van der Waals surface area contributed by atoms with Crippen LogP contribution in [0.3, 0.4) is 0 Å². The second-order valence-corrected chi connectivity index (χ2v) is 4.94. The fraction of sp³-hybridized carbons (Fsp3) is 1.00. The minimum atomic E-state index is -0.298. The molecule has 0 aromatic heterocycles. The maximum atomic E-state index is 5.73. The molecule has 0 aromatic rings. The van der Waals surface area contributed by atoms with Crippen LogP contribution in [-0.2, 0) is 9.47 Å². The molecule has 1 atom stereocenters. The van der Waals surface area contributed by atoms with Gasteiger partial charge in [0.05, 0.1) is 13.2 Å². The van der Waals surface area contributed by atoms with Gasteiger partial charge in [0.15, 0.2) is 5.79 Å². The van der Waals surface area contributed by atoms with Gasteiger partial charge in [-0.2, -0.15) is 0 Å². The summed E-state index contributed by atoms with van der Waals surface area (Å²) < 4.78 is 11.2. The summed E-state index contributed by atoms with van der Waals surface area (Å²) >= 11 is 0. The van der Waals surface area contributed by atoms with E-state index in [1.54, 1.807) is 0 Å². The van der Waals surface area contributed by atoms with E-state index in [1.165, 1.54) is 0 Å². The van der Waals surface area contributed by atoms with Crippen LogP contribution in [0.2, 0.25) is 0 Å². The third kappa shape index (κ3) is 3.11. The summed E-state index contributed by atoms with van der Waals surface area (Å²) in [5.74, 6) is -0.298. The van der Waals surface area contributed by atoms with Crippen molar-refractivity contribution in [2.45, 2.75) is 46.3 Å². The SMILES string of the molecule is CC(C)(C)COC1(C)CCCO1. The predicted molar refractivity (Wildman–Crippen MR) is 49.0 cm³/mol. The fourth-order valence-corrected chi connectivity index (χ4v) is 1.24. The molecule has 0 aliphatic carbocycles. The maximum Gasteiger partial charge on any atom is 0.165 e. The van der Waals surface area contributed by atoms with Crippen molar-refractivity contribution >= 4 is 0 Å². The highest BCUT2D eigenvalue weighted by atomic mass is 16.7. The van der Waals surface area contributed by atoms with E-state index in [0.29, 0.717) is 0 Å². The molecule has 1 unspecified atom stereocenters. The summed E-state index contributed by atoms with van der Waals surface area (Å²) in [6, 6.07) is 0. The van der Waals surface area contributed by atoms with Crippen molar-refractivity contribution < 1.29 is 9.47 Å². The first kappa shape index (κ1) is 10.0. The van der Waals surface area contributed by atoms with E-state index in [2.05, 4.69) is 20.8 Å². The minimum absolute atomic E-state index is 0.231. The molecule has 0 aromatic carbocycles. The Morgan fingerprint density at radius 3 is 2.50 bits per heavy atom. The number of rotatable bonds is 2. The Bertz CT molecular complexity index is 140. The third-order valence-corrected chi connectivity index (χ3v) is 1.99. The van der Waals surface area contributed by atoms with Crippen LogP contribution in [0.1, 0.15) is 40.5 Å². The van der Waals surface area contributed by atoms with E-state index >= 15 is 0 Å². The van der Waals surface area contributed by atoms with Gasteiger partial charge in [-0.1, -0.05) is 20.8 Å². The Balaban J connectivity index is 2.30. The van der Waals surface area contributed by atoms with Crippen LogP contribution in [0.5, 0.6) is 0 Å². The molecule has 1 fully saturated rings. The van der Waals surface area contributed by atoms with Gasteiger partial charge in [-0.3, -0.25) is 0 Å². The van der Waals surface area contributed by atoms with Crippen LogP contribution in [0.4, 0.5) is 0 Å². The molecule has 0 N–H and O–H groups in total. The molecule has 1 aliphatic heterocycles. The van der Waals surface area contributed by atoms with Gasteiger partial charge >= 0.3 is 0 Å². The molecule has 0 spiro atoms. The van der Waals surface area contributed by atoms with Gasteiger partial charge in [0.2, 0.25) is 0 Å². The van der Waals surface area contributed by atoms with E-state index in [1.807, 2.05) is 6.92 Å². The lowest BCUT2D eigenvalue weighted by atomic mass is 9.98. The van der Waals surface area contributed by atoms with Crippen molar-refractivity contribution in [1.82, 2.24) is 0 Å². The topological polar surface area (TPSA) is 18.5 Å².